The van der Waals surface area contributed by atoms with Crippen molar-refractivity contribution in [1.82, 2.24) is 19.4 Å². The van der Waals surface area contributed by atoms with E-state index in [0.717, 1.165) is 61.3 Å². The number of nitrogens with zero attached hydrogens (tertiary/aromatic N) is 4. The molecular weight excluding hydrogens is 368 g/mol. The maximum Gasteiger partial charge on any atom is 0.394 e. The standard InChI is InChI=1S/C22H30N4O3/c1-4-24-10-9-20-23-17-11-16(6-8-19(17)26(20)15(3)13-24)18-7-5-14(2)12-25(18)21(27)22(28)29/h6,8,11,14-15,18H,4-5,7,9-10,12-13H2,1-3H3,(H,28,29)/t14-,15?,18+/m0/s1. The first-order chi connectivity index (χ1) is 13.9. The average Bonchev–Trinajstić information content (AvgIpc) is 2.99. The summed E-state index contributed by atoms with van der Waals surface area (Å²) in [5.41, 5.74) is 3.04. The Balaban J connectivity index is 1.69. The third-order valence-electron chi connectivity index (χ3n) is 6.49. The summed E-state index contributed by atoms with van der Waals surface area (Å²) in [5, 5.41) is 9.25. The van der Waals surface area contributed by atoms with E-state index in [0.29, 0.717) is 18.5 Å². The van der Waals surface area contributed by atoms with E-state index in [1.807, 2.05) is 0 Å². The molecule has 1 N–H and O–H groups in total. The number of piperidine rings is 1. The number of likely N-dealkylation sites (tertiary alicyclic amines) is 1. The van der Waals surface area contributed by atoms with E-state index in [-0.39, 0.29) is 6.04 Å². The number of rotatable bonds is 2. The van der Waals surface area contributed by atoms with Gasteiger partial charge in [-0.15, -0.1) is 0 Å². The third kappa shape index (κ3) is 3.64. The lowest BCUT2D eigenvalue weighted by Gasteiger charge is -2.38. The Morgan fingerprint density at radius 1 is 1.21 bits per heavy atom. The number of carbonyl (C=O) groups excluding carboxylic acids is 1. The molecule has 4 rings (SSSR count). The molecule has 1 saturated heterocycles. The third-order valence-corrected chi connectivity index (χ3v) is 6.49. The van der Waals surface area contributed by atoms with Gasteiger partial charge in [-0.05, 0) is 49.9 Å². The van der Waals surface area contributed by atoms with E-state index in [2.05, 4.69) is 48.4 Å². The van der Waals surface area contributed by atoms with Gasteiger partial charge < -0.3 is 19.5 Å². The molecule has 0 bridgehead atoms. The molecule has 1 aromatic carbocycles. The summed E-state index contributed by atoms with van der Waals surface area (Å²) in [6.45, 7) is 10.1. The number of aliphatic carboxylic acids is 1. The topological polar surface area (TPSA) is 78.7 Å². The summed E-state index contributed by atoms with van der Waals surface area (Å²) >= 11 is 0. The zero-order chi connectivity index (χ0) is 20.7. The minimum absolute atomic E-state index is 0.200. The van der Waals surface area contributed by atoms with Crippen LogP contribution in [0.3, 0.4) is 0 Å². The molecule has 0 aliphatic carbocycles. The van der Waals surface area contributed by atoms with Gasteiger partial charge in [0.15, 0.2) is 0 Å². The first kappa shape index (κ1) is 19.9. The van der Waals surface area contributed by atoms with Crippen molar-refractivity contribution in [3.8, 4) is 0 Å². The Hall–Kier alpha value is -2.41. The molecule has 1 fully saturated rings. The first-order valence-corrected chi connectivity index (χ1v) is 10.7. The predicted molar refractivity (Wildman–Crippen MR) is 111 cm³/mol. The SMILES string of the molecule is CCN1CCc2nc3cc([C@H]4CC[C@H](C)CN4C(=O)C(=O)O)ccc3n2C(C)C1. The molecule has 29 heavy (non-hydrogen) atoms. The molecule has 0 spiro atoms. The molecule has 156 valence electrons. The smallest absolute Gasteiger partial charge is 0.394 e. The second-order valence-corrected chi connectivity index (χ2v) is 8.60. The lowest BCUT2D eigenvalue weighted by atomic mass is 9.89. The Labute approximate surface area is 171 Å². The number of imidazole rings is 1. The normalized spacial score (nSPS) is 25.6. The molecule has 7 nitrogen and oxygen atoms in total. The molecule has 3 atom stereocenters. The van der Waals surface area contributed by atoms with E-state index in [1.165, 1.54) is 4.90 Å². The van der Waals surface area contributed by atoms with Crippen molar-refractivity contribution in [2.75, 3.05) is 26.2 Å². The summed E-state index contributed by atoms with van der Waals surface area (Å²) < 4.78 is 2.35. The predicted octanol–water partition coefficient (Wildman–Crippen LogP) is 2.86. The van der Waals surface area contributed by atoms with Crippen LogP contribution in [0, 0.1) is 5.92 Å². The number of likely N-dealkylation sites (N-methyl/N-ethyl adjacent to an activating group) is 1. The van der Waals surface area contributed by atoms with Crippen LogP contribution in [0.2, 0.25) is 0 Å². The van der Waals surface area contributed by atoms with Crippen molar-refractivity contribution in [3.63, 3.8) is 0 Å². The number of amides is 1. The van der Waals surface area contributed by atoms with Crippen LogP contribution in [0.5, 0.6) is 0 Å². The van der Waals surface area contributed by atoms with Gasteiger partial charge >= 0.3 is 11.9 Å². The number of hydrogen-bond donors (Lipinski definition) is 1. The molecule has 0 radical (unpaired) electrons. The van der Waals surface area contributed by atoms with Crippen molar-refractivity contribution in [3.05, 3.63) is 29.6 Å². The van der Waals surface area contributed by atoms with Gasteiger partial charge in [0.05, 0.1) is 17.1 Å². The number of benzene rings is 1. The zero-order valence-corrected chi connectivity index (χ0v) is 17.5. The lowest BCUT2D eigenvalue weighted by Crippen LogP contribution is -2.44. The van der Waals surface area contributed by atoms with E-state index in [1.54, 1.807) is 0 Å². The molecule has 2 aliphatic rings. The number of fused-ring (bicyclic) bond motifs is 3. The summed E-state index contributed by atoms with van der Waals surface area (Å²) in [6, 6.07) is 6.36. The fourth-order valence-corrected chi connectivity index (χ4v) is 4.98. The molecule has 0 saturated carbocycles. The molecule has 2 aromatic rings. The van der Waals surface area contributed by atoms with E-state index in [9.17, 15) is 14.7 Å². The van der Waals surface area contributed by atoms with Gasteiger partial charge in [0.2, 0.25) is 0 Å². The number of hydrogen-bond acceptors (Lipinski definition) is 4. The van der Waals surface area contributed by atoms with Gasteiger partial charge in [0.1, 0.15) is 5.82 Å². The molecule has 2 aliphatic heterocycles. The van der Waals surface area contributed by atoms with Crippen LogP contribution in [0.4, 0.5) is 0 Å². The molecular formula is C22H30N4O3. The minimum atomic E-state index is -1.38. The van der Waals surface area contributed by atoms with Gasteiger partial charge in [-0.2, -0.15) is 0 Å². The van der Waals surface area contributed by atoms with Crippen LogP contribution >= 0.6 is 0 Å². The van der Waals surface area contributed by atoms with Crippen molar-refractivity contribution >= 4 is 22.9 Å². The van der Waals surface area contributed by atoms with Crippen LogP contribution in [0.25, 0.3) is 11.0 Å². The highest BCUT2D eigenvalue weighted by molar-refractivity contribution is 6.31. The summed E-state index contributed by atoms with van der Waals surface area (Å²) in [5.74, 6) is -0.774. The van der Waals surface area contributed by atoms with E-state index >= 15 is 0 Å². The Kier molecular flexibility index (Phi) is 5.34. The van der Waals surface area contributed by atoms with Crippen molar-refractivity contribution in [2.24, 2.45) is 5.92 Å². The number of carboxylic acid groups (broad SMARTS) is 1. The van der Waals surface area contributed by atoms with Crippen LogP contribution in [0.1, 0.15) is 57.1 Å². The zero-order valence-electron chi connectivity index (χ0n) is 17.5. The lowest BCUT2D eigenvalue weighted by molar-refractivity contribution is -0.158. The van der Waals surface area contributed by atoms with Gasteiger partial charge in [0.25, 0.3) is 0 Å². The quantitative estimate of drug-likeness (QED) is 0.787. The highest BCUT2D eigenvalue weighted by Gasteiger charge is 2.34. The highest BCUT2D eigenvalue weighted by Crippen LogP contribution is 2.35. The van der Waals surface area contributed by atoms with Gasteiger partial charge in [0, 0.05) is 32.1 Å². The van der Waals surface area contributed by atoms with Crippen molar-refractivity contribution in [2.45, 2.75) is 52.1 Å². The van der Waals surface area contributed by atoms with Gasteiger partial charge in [-0.25, -0.2) is 9.78 Å². The maximum absolute atomic E-state index is 12.3. The average molecular weight is 399 g/mol. The molecule has 7 heteroatoms. The Morgan fingerprint density at radius 2 is 2.00 bits per heavy atom. The van der Waals surface area contributed by atoms with E-state index in [4.69, 9.17) is 4.98 Å². The Morgan fingerprint density at radius 3 is 2.72 bits per heavy atom. The highest BCUT2D eigenvalue weighted by atomic mass is 16.4. The van der Waals surface area contributed by atoms with Crippen LogP contribution in [0.15, 0.2) is 18.2 Å². The largest absolute Gasteiger partial charge is 0.474 e. The first-order valence-electron chi connectivity index (χ1n) is 10.7. The fraction of sp³-hybridized carbons (Fsp3) is 0.591. The molecule has 1 amide bonds. The molecule has 1 aromatic heterocycles. The second kappa shape index (κ2) is 7.78. The number of carbonyl (C=O) groups is 2. The number of aromatic nitrogens is 2. The fourth-order valence-electron chi connectivity index (χ4n) is 4.98. The molecule has 1 unspecified atom stereocenters. The number of carboxylic acids is 1. The van der Waals surface area contributed by atoms with Crippen LogP contribution in [-0.4, -0.2) is 62.5 Å². The second-order valence-electron chi connectivity index (χ2n) is 8.60. The maximum atomic E-state index is 12.3. The summed E-state index contributed by atoms with van der Waals surface area (Å²) in [4.78, 5) is 32.5. The van der Waals surface area contributed by atoms with Crippen molar-refractivity contribution in [1.29, 1.82) is 0 Å². The van der Waals surface area contributed by atoms with Gasteiger partial charge in [-0.1, -0.05) is 19.9 Å². The minimum Gasteiger partial charge on any atom is -0.474 e. The molecule has 3 heterocycles. The Bertz CT molecular complexity index is 938. The van der Waals surface area contributed by atoms with Crippen molar-refractivity contribution < 1.29 is 14.7 Å². The summed E-state index contributed by atoms with van der Waals surface area (Å²) in [6.07, 6.45) is 2.68. The van der Waals surface area contributed by atoms with Gasteiger partial charge in [-0.3, -0.25) is 4.79 Å². The van der Waals surface area contributed by atoms with Crippen LogP contribution < -0.4 is 0 Å². The monoisotopic (exact) mass is 398 g/mol. The van der Waals surface area contributed by atoms with E-state index < -0.39 is 11.9 Å². The van der Waals surface area contributed by atoms with Crippen LogP contribution in [-0.2, 0) is 16.0 Å². The summed E-state index contributed by atoms with van der Waals surface area (Å²) in [7, 11) is 0.